The Bertz CT molecular complexity index is 1350. The highest BCUT2D eigenvalue weighted by Crippen LogP contribution is 2.22. The molecule has 0 fully saturated rings. The summed E-state index contributed by atoms with van der Waals surface area (Å²) >= 11 is 5.28. The van der Waals surface area contributed by atoms with E-state index in [9.17, 15) is 4.79 Å². The molecule has 3 aromatic carbocycles. The molecule has 0 radical (unpaired) electrons. The Morgan fingerprint density at radius 1 is 1.03 bits per heavy atom. The number of fused-ring (bicyclic) bond motifs is 1. The molecule has 178 valence electrons. The standard InChI is InChI=1S/C29H29N3O2S/c1-18(2)23-10-5-21(6-11-23)9-14-27(33)32-29(35)30-24-12-7-22(8-13-24)17-28-31-25-15-19(3)20(4)16-26(25)34-28/h5-16,18H,17H2,1-4H3,(H2,30,32,33,35)/b14-9+. The first-order valence-electron chi connectivity index (χ1n) is 11.6. The number of oxazole rings is 1. The average Bonchev–Trinajstić information content (AvgIpc) is 3.20. The Morgan fingerprint density at radius 3 is 2.40 bits per heavy atom. The van der Waals surface area contributed by atoms with Crippen LogP contribution in [0.4, 0.5) is 5.69 Å². The maximum absolute atomic E-state index is 12.2. The van der Waals surface area contributed by atoms with Gasteiger partial charge in [-0.1, -0.05) is 50.2 Å². The van der Waals surface area contributed by atoms with Crippen LogP contribution in [0.5, 0.6) is 0 Å². The monoisotopic (exact) mass is 483 g/mol. The highest BCUT2D eigenvalue weighted by molar-refractivity contribution is 7.80. The van der Waals surface area contributed by atoms with Gasteiger partial charge in [0.25, 0.3) is 0 Å². The van der Waals surface area contributed by atoms with Gasteiger partial charge in [-0.3, -0.25) is 10.1 Å². The second kappa shape index (κ2) is 10.7. The summed E-state index contributed by atoms with van der Waals surface area (Å²) in [5.41, 5.74) is 8.16. The van der Waals surface area contributed by atoms with Gasteiger partial charge in [0.05, 0.1) is 0 Å². The Balaban J connectivity index is 1.30. The van der Waals surface area contributed by atoms with Crippen molar-refractivity contribution < 1.29 is 9.21 Å². The molecule has 0 bridgehead atoms. The minimum absolute atomic E-state index is 0.243. The molecule has 0 aliphatic rings. The number of aryl methyl sites for hydroxylation is 2. The number of nitrogens with zero attached hydrogens (tertiary/aromatic N) is 1. The topological polar surface area (TPSA) is 67.2 Å². The lowest BCUT2D eigenvalue weighted by Gasteiger charge is -2.09. The van der Waals surface area contributed by atoms with Crippen molar-refractivity contribution in [1.29, 1.82) is 0 Å². The molecule has 6 heteroatoms. The van der Waals surface area contributed by atoms with E-state index in [0.717, 1.165) is 27.9 Å². The fourth-order valence-corrected chi connectivity index (χ4v) is 3.88. The summed E-state index contributed by atoms with van der Waals surface area (Å²) in [7, 11) is 0. The van der Waals surface area contributed by atoms with Crippen LogP contribution in [-0.2, 0) is 11.2 Å². The molecular weight excluding hydrogens is 454 g/mol. The minimum atomic E-state index is -0.284. The number of benzene rings is 3. The zero-order valence-corrected chi connectivity index (χ0v) is 21.2. The van der Waals surface area contributed by atoms with E-state index >= 15 is 0 Å². The molecule has 0 atom stereocenters. The Morgan fingerprint density at radius 2 is 1.71 bits per heavy atom. The summed E-state index contributed by atoms with van der Waals surface area (Å²) in [5.74, 6) is 0.872. The molecule has 0 saturated carbocycles. The molecule has 0 aliphatic carbocycles. The smallest absolute Gasteiger partial charge is 0.250 e. The predicted octanol–water partition coefficient (Wildman–Crippen LogP) is 6.69. The first kappa shape index (κ1) is 24.4. The Kier molecular flexibility index (Phi) is 7.42. The van der Waals surface area contributed by atoms with Crippen molar-refractivity contribution >= 4 is 46.1 Å². The number of aromatic nitrogens is 1. The molecule has 1 amide bonds. The largest absolute Gasteiger partial charge is 0.440 e. The minimum Gasteiger partial charge on any atom is -0.440 e. The second-order valence-electron chi connectivity index (χ2n) is 8.98. The fraction of sp³-hybridized carbons (Fsp3) is 0.207. The number of nitrogens with one attached hydrogen (secondary N) is 2. The first-order valence-corrected chi connectivity index (χ1v) is 12.0. The molecule has 4 rings (SSSR count). The summed E-state index contributed by atoms with van der Waals surface area (Å²) in [4.78, 5) is 16.8. The third-order valence-electron chi connectivity index (χ3n) is 5.88. The number of carbonyl (C=O) groups is 1. The zero-order chi connectivity index (χ0) is 24.9. The van der Waals surface area contributed by atoms with E-state index in [1.54, 1.807) is 6.08 Å². The van der Waals surface area contributed by atoms with Gasteiger partial charge in [-0.15, -0.1) is 0 Å². The van der Waals surface area contributed by atoms with Crippen molar-refractivity contribution in [2.75, 3.05) is 5.32 Å². The van der Waals surface area contributed by atoms with Gasteiger partial charge >= 0.3 is 0 Å². The highest BCUT2D eigenvalue weighted by Gasteiger charge is 2.09. The SMILES string of the molecule is Cc1cc2nc(Cc3ccc(NC(=S)NC(=O)/C=C/c4ccc(C(C)C)cc4)cc3)oc2cc1C. The molecule has 0 aliphatic heterocycles. The zero-order valence-electron chi connectivity index (χ0n) is 20.4. The molecule has 0 spiro atoms. The number of hydrogen-bond donors (Lipinski definition) is 2. The van der Waals surface area contributed by atoms with Crippen LogP contribution < -0.4 is 10.6 Å². The van der Waals surface area contributed by atoms with Crippen LogP contribution >= 0.6 is 12.2 Å². The van der Waals surface area contributed by atoms with Crippen LogP contribution in [0.15, 0.2) is 71.2 Å². The summed E-state index contributed by atoms with van der Waals surface area (Å²) in [6.45, 7) is 8.44. The highest BCUT2D eigenvalue weighted by atomic mass is 32.1. The Hall–Kier alpha value is -3.77. The molecular formula is C29H29N3O2S. The van der Waals surface area contributed by atoms with Crippen molar-refractivity contribution in [2.24, 2.45) is 0 Å². The van der Waals surface area contributed by atoms with E-state index in [0.29, 0.717) is 18.2 Å². The average molecular weight is 484 g/mol. The second-order valence-corrected chi connectivity index (χ2v) is 9.39. The molecule has 2 N–H and O–H groups in total. The normalized spacial score (nSPS) is 11.3. The fourth-order valence-electron chi connectivity index (χ4n) is 3.66. The molecule has 0 saturated heterocycles. The van der Waals surface area contributed by atoms with Gasteiger partial charge < -0.3 is 9.73 Å². The molecule has 4 aromatic rings. The summed E-state index contributed by atoms with van der Waals surface area (Å²) < 4.78 is 5.92. The van der Waals surface area contributed by atoms with Crippen molar-refractivity contribution in [3.05, 3.63) is 100 Å². The molecule has 1 aromatic heterocycles. The quantitative estimate of drug-likeness (QED) is 0.236. The van der Waals surface area contributed by atoms with Gasteiger partial charge in [-0.2, -0.15) is 0 Å². The number of rotatable bonds is 6. The maximum atomic E-state index is 12.2. The van der Waals surface area contributed by atoms with Crippen LogP contribution in [0.2, 0.25) is 0 Å². The number of amides is 1. The lowest BCUT2D eigenvalue weighted by molar-refractivity contribution is -0.115. The number of thiocarbonyl (C=S) groups is 1. The van der Waals surface area contributed by atoms with Gasteiger partial charge in [-0.05, 0) is 90.1 Å². The van der Waals surface area contributed by atoms with E-state index in [4.69, 9.17) is 16.6 Å². The van der Waals surface area contributed by atoms with Crippen LogP contribution in [0.1, 0.15) is 53.5 Å². The molecule has 0 unspecified atom stereocenters. The summed E-state index contributed by atoms with van der Waals surface area (Å²) in [5, 5.41) is 5.96. The van der Waals surface area contributed by atoms with Crippen molar-refractivity contribution in [1.82, 2.24) is 10.3 Å². The van der Waals surface area contributed by atoms with Gasteiger partial charge in [0.1, 0.15) is 5.52 Å². The van der Waals surface area contributed by atoms with Gasteiger partial charge in [0, 0.05) is 18.2 Å². The Labute approximate surface area is 211 Å². The maximum Gasteiger partial charge on any atom is 0.250 e. The molecule has 35 heavy (non-hydrogen) atoms. The van der Waals surface area contributed by atoms with Crippen LogP contribution in [0, 0.1) is 13.8 Å². The lowest BCUT2D eigenvalue weighted by atomic mass is 10.0. The number of hydrogen-bond acceptors (Lipinski definition) is 4. The van der Waals surface area contributed by atoms with E-state index in [-0.39, 0.29) is 11.0 Å². The van der Waals surface area contributed by atoms with Crippen molar-refractivity contribution in [3.8, 4) is 0 Å². The van der Waals surface area contributed by atoms with Gasteiger partial charge in [0.2, 0.25) is 5.91 Å². The third kappa shape index (κ3) is 6.43. The molecule has 1 heterocycles. The summed E-state index contributed by atoms with van der Waals surface area (Å²) in [6, 6.07) is 20.0. The number of anilines is 1. The van der Waals surface area contributed by atoms with Crippen LogP contribution in [0.25, 0.3) is 17.2 Å². The van der Waals surface area contributed by atoms with E-state index < -0.39 is 0 Å². The van der Waals surface area contributed by atoms with E-state index in [1.165, 1.54) is 22.8 Å². The number of carbonyl (C=O) groups excluding carboxylic acids is 1. The molecule has 5 nitrogen and oxygen atoms in total. The van der Waals surface area contributed by atoms with Gasteiger partial charge in [0.15, 0.2) is 16.6 Å². The first-order chi connectivity index (χ1) is 16.8. The predicted molar refractivity (Wildman–Crippen MR) is 147 cm³/mol. The van der Waals surface area contributed by atoms with Crippen molar-refractivity contribution in [2.45, 2.75) is 40.0 Å². The van der Waals surface area contributed by atoms with Gasteiger partial charge in [-0.25, -0.2) is 4.98 Å². The third-order valence-corrected chi connectivity index (χ3v) is 6.09. The summed E-state index contributed by atoms with van der Waals surface area (Å²) in [6.07, 6.45) is 3.84. The van der Waals surface area contributed by atoms with Crippen LogP contribution in [0.3, 0.4) is 0 Å². The van der Waals surface area contributed by atoms with Crippen molar-refractivity contribution in [3.63, 3.8) is 0 Å². The lowest BCUT2D eigenvalue weighted by Crippen LogP contribution is -2.32. The van der Waals surface area contributed by atoms with E-state index in [1.807, 2.05) is 42.5 Å². The van der Waals surface area contributed by atoms with Crippen LogP contribution in [-0.4, -0.2) is 16.0 Å². The van der Waals surface area contributed by atoms with E-state index in [2.05, 4.69) is 61.5 Å².